The maximum Gasteiger partial charge on any atom is 0.138 e. The highest BCUT2D eigenvalue weighted by atomic mass is 16.3. The van der Waals surface area contributed by atoms with E-state index in [1.54, 1.807) is 0 Å². The minimum absolute atomic E-state index is 0.0639. The number of Topliss-reactive ketones (excluding diaryl/α,β-unsaturated/α-hetero) is 1. The van der Waals surface area contributed by atoms with Crippen LogP contribution < -0.4 is 0 Å². The molecule has 3 rings (SSSR count). The van der Waals surface area contributed by atoms with Gasteiger partial charge in [0.05, 0.1) is 5.60 Å². The van der Waals surface area contributed by atoms with Crippen LogP contribution in [0, 0.1) is 28.1 Å². The largest absolute Gasteiger partial charge is 0.390 e. The highest BCUT2D eigenvalue weighted by Crippen LogP contribution is 2.65. The molecule has 0 amide bonds. The first kappa shape index (κ1) is 16.2. The summed E-state index contributed by atoms with van der Waals surface area (Å²) in [5.74, 6) is 1.17. The maximum atomic E-state index is 12.4. The van der Waals surface area contributed by atoms with Crippen LogP contribution >= 0.6 is 0 Å². The third-order valence-corrected chi connectivity index (χ3v) is 7.79. The fourth-order valence-corrected chi connectivity index (χ4v) is 6.43. The number of carbonyl (C=O) groups excluding carboxylic acids is 1. The Labute approximate surface area is 135 Å². The van der Waals surface area contributed by atoms with Crippen LogP contribution in [0.25, 0.3) is 0 Å². The Bertz CT molecular complexity index is 508. The topological polar surface area (TPSA) is 37.3 Å². The third-order valence-electron chi connectivity index (χ3n) is 7.79. The van der Waals surface area contributed by atoms with Crippen molar-refractivity contribution in [3.8, 4) is 0 Å². The molecule has 0 aromatic rings. The molecule has 0 aromatic heterocycles. The first-order valence-corrected chi connectivity index (χ1v) is 8.97. The predicted molar refractivity (Wildman–Crippen MR) is 89.4 cm³/mol. The van der Waals surface area contributed by atoms with Gasteiger partial charge in [-0.25, -0.2) is 0 Å². The Morgan fingerprint density at radius 2 is 1.73 bits per heavy atom. The standard InChI is InChI=1S/C20H32O2/c1-6-18(4)10-7-15-19(5)11-9-16(21)17(2,3)14(19)8-12-20(15,22)13-18/h6,14-15,22H,1,7-13H2,2-5H3. The molecule has 3 aliphatic rings. The second kappa shape index (κ2) is 4.69. The molecule has 0 saturated heterocycles. The van der Waals surface area contributed by atoms with Gasteiger partial charge in [-0.3, -0.25) is 4.79 Å². The minimum atomic E-state index is -0.567. The zero-order valence-corrected chi connectivity index (χ0v) is 14.7. The van der Waals surface area contributed by atoms with E-state index < -0.39 is 5.60 Å². The molecule has 0 spiro atoms. The van der Waals surface area contributed by atoms with Crippen molar-refractivity contribution in [1.29, 1.82) is 0 Å². The molecule has 0 heterocycles. The van der Waals surface area contributed by atoms with Crippen molar-refractivity contribution >= 4 is 5.78 Å². The molecule has 2 nitrogen and oxygen atoms in total. The highest BCUT2D eigenvalue weighted by molar-refractivity contribution is 5.85. The van der Waals surface area contributed by atoms with E-state index in [2.05, 4.69) is 34.3 Å². The van der Waals surface area contributed by atoms with E-state index in [4.69, 9.17) is 0 Å². The molecule has 124 valence electrons. The van der Waals surface area contributed by atoms with Crippen LogP contribution in [0.5, 0.6) is 0 Å². The van der Waals surface area contributed by atoms with Gasteiger partial charge in [0.25, 0.3) is 0 Å². The van der Waals surface area contributed by atoms with Gasteiger partial charge < -0.3 is 5.11 Å². The van der Waals surface area contributed by atoms with Crippen molar-refractivity contribution < 1.29 is 9.90 Å². The minimum Gasteiger partial charge on any atom is -0.390 e. The molecule has 3 fully saturated rings. The lowest BCUT2D eigenvalue weighted by atomic mass is 9.42. The Morgan fingerprint density at radius 3 is 2.36 bits per heavy atom. The van der Waals surface area contributed by atoms with E-state index >= 15 is 0 Å². The second-order valence-electron chi connectivity index (χ2n) is 9.47. The van der Waals surface area contributed by atoms with Crippen LogP contribution in [0.2, 0.25) is 0 Å². The lowest BCUT2D eigenvalue weighted by Gasteiger charge is -2.64. The number of fused-ring (bicyclic) bond motifs is 3. The van der Waals surface area contributed by atoms with E-state index in [1.807, 2.05) is 6.08 Å². The van der Waals surface area contributed by atoms with Crippen LogP contribution in [-0.2, 0) is 4.79 Å². The number of aliphatic hydroxyl groups is 1. The van der Waals surface area contributed by atoms with Crippen molar-refractivity contribution in [1.82, 2.24) is 0 Å². The van der Waals surface area contributed by atoms with Crippen LogP contribution in [0.1, 0.15) is 72.6 Å². The number of hydrogen-bond acceptors (Lipinski definition) is 2. The van der Waals surface area contributed by atoms with E-state index in [1.165, 1.54) is 0 Å². The lowest BCUT2D eigenvalue weighted by Crippen LogP contribution is -2.62. The van der Waals surface area contributed by atoms with Gasteiger partial charge in [0.2, 0.25) is 0 Å². The normalized spacial score (nSPS) is 50.9. The highest BCUT2D eigenvalue weighted by Gasteiger charge is 2.63. The smallest absolute Gasteiger partial charge is 0.138 e. The molecule has 0 aromatic carbocycles. The average molecular weight is 304 g/mol. The predicted octanol–water partition coefficient (Wildman–Crippen LogP) is 4.52. The van der Waals surface area contributed by atoms with E-state index in [0.717, 1.165) is 38.5 Å². The number of rotatable bonds is 1. The monoisotopic (exact) mass is 304 g/mol. The summed E-state index contributed by atoms with van der Waals surface area (Å²) in [7, 11) is 0. The van der Waals surface area contributed by atoms with Gasteiger partial charge in [-0.15, -0.1) is 6.58 Å². The van der Waals surface area contributed by atoms with Gasteiger partial charge in [-0.1, -0.05) is 33.8 Å². The summed E-state index contributed by atoms with van der Waals surface area (Å²) >= 11 is 0. The zero-order chi connectivity index (χ0) is 16.4. The van der Waals surface area contributed by atoms with Gasteiger partial charge in [0.1, 0.15) is 5.78 Å². The average Bonchev–Trinajstić information content (AvgIpc) is 2.42. The summed E-state index contributed by atoms with van der Waals surface area (Å²) in [6.45, 7) is 12.9. The number of hydrogen-bond donors (Lipinski definition) is 1. The van der Waals surface area contributed by atoms with Gasteiger partial charge in [0, 0.05) is 11.8 Å². The van der Waals surface area contributed by atoms with Crippen LogP contribution in [0.15, 0.2) is 12.7 Å². The van der Waals surface area contributed by atoms with Crippen LogP contribution in [-0.4, -0.2) is 16.5 Å². The maximum absolute atomic E-state index is 12.4. The van der Waals surface area contributed by atoms with Crippen molar-refractivity contribution in [2.24, 2.45) is 28.1 Å². The molecule has 5 unspecified atom stereocenters. The van der Waals surface area contributed by atoms with Crippen molar-refractivity contribution in [2.45, 2.75) is 78.2 Å². The van der Waals surface area contributed by atoms with Crippen molar-refractivity contribution in [3.05, 3.63) is 12.7 Å². The summed E-state index contributed by atoms with van der Waals surface area (Å²) in [6.07, 6.45) is 8.53. The van der Waals surface area contributed by atoms with E-state index in [9.17, 15) is 9.90 Å². The number of allylic oxidation sites excluding steroid dienone is 1. The lowest BCUT2D eigenvalue weighted by molar-refractivity contribution is -0.202. The first-order valence-electron chi connectivity index (χ1n) is 8.97. The SMILES string of the molecule is C=CC1(C)CCC2C(O)(CCC3C(C)(C)C(=O)CCC23C)C1. The fourth-order valence-electron chi connectivity index (χ4n) is 6.43. The summed E-state index contributed by atoms with van der Waals surface area (Å²) in [6, 6.07) is 0. The molecular formula is C20H32O2. The molecule has 5 atom stereocenters. The van der Waals surface area contributed by atoms with Gasteiger partial charge >= 0.3 is 0 Å². The second-order valence-corrected chi connectivity index (χ2v) is 9.47. The summed E-state index contributed by atoms with van der Waals surface area (Å²) in [4.78, 5) is 12.4. The molecule has 0 bridgehead atoms. The molecule has 22 heavy (non-hydrogen) atoms. The number of ketones is 1. The fraction of sp³-hybridized carbons (Fsp3) is 0.850. The van der Waals surface area contributed by atoms with Gasteiger partial charge in [0.15, 0.2) is 0 Å². The van der Waals surface area contributed by atoms with Crippen LogP contribution in [0.4, 0.5) is 0 Å². The van der Waals surface area contributed by atoms with Gasteiger partial charge in [-0.05, 0) is 61.2 Å². The molecule has 0 aliphatic heterocycles. The Hall–Kier alpha value is -0.630. The Morgan fingerprint density at radius 1 is 1.09 bits per heavy atom. The third kappa shape index (κ3) is 2.06. The molecule has 2 heteroatoms. The Kier molecular flexibility index (Phi) is 3.46. The summed E-state index contributed by atoms with van der Waals surface area (Å²) < 4.78 is 0. The summed E-state index contributed by atoms with van der Waals surface area (Å²) in [5.41, 5.74) is -0.627. The first-order chi connectivity index (χ1) is 10.1. The Balaban J connectivity index is 1.97. The number of carbonyl (C=O) groups is 1. The summed E-state index contributed by atoms with van der Waals surface area (Å²) in [5, 5.41) is 11.5. The van der Waals surface area contributed by atoms with Gasteiger partial charge in [-0.2, -0.15) is 0 Å². The van der Waals surface area contributed by atoms with Crippen molar-refractivity contribution in [3.63, 3.8) is 0 Å². The van der Waals surface area contributed by atoms with Crippen molar-refractivity contribution in [2.75, 3.05) is 0 Å². The molecular weight excluding hydrogens is 272 g/mol. The molecule has 1 N–H and O–H groups in total. The molecule has 3 aliphatic carbocycles. The van der Waals surface area contributed by atoms with E-state index in [-0.39, 0.29) is 16.2 Å². The molecule has 3 saturated carbocycles. The zero-order valence-electron chi connectivity index (χ0n) is 14.7. The van der Waals surface area contributed by atoms with Crippen LogP contribution in [0.3, 0.4) is 0 Å². The quantitative estimate of drug-likeness (QED) is 0.723. The van der Waals surface area contributed by atoms with E-state index in [0.29, 0.717) is 24.0 Å². The molecule has 0 radical (unpaired) electrons.